The van der Waals surface area contributed by atoms with Crippen LogP contribution in [-0.2, 0) is 14.6 Å². The molecular formula is C19H29N3O5S. The molecule has 0 radical (unpaired) electrons. The molecular weight excluding hydrogens is 382 g/mol. The Hall–Kier alpha value is -1.71. The number of nitro benzene ring substituents is 1. The molecule has 8 nitrogen and oxygen atoms in total. The molecule has 3 rings (SSSR count). The molecule has 0 spiro atoms. The van der Waals surface area contributed by atoms with E-state index in [1.807, 2.05) is 0 Å². The number of ether oxygens (including phenoxy) is 1. The third kappa shape index (κ3) is 5.01. The number of nitro groups is 1. The average molecular weight is 412 g/mol. The number of hydrogen-bond donors (Lipinski definition) is 1. The first-order valence-electron chi connectivity index (χ1n) is 9.82. The van der Waals surface area contributed by atoms with Crippen LogP contribution in [0.15, 0.2) is 23.1 Å². The minimum atomic E-state index is -3.69. The number of benzene rings is 1. The lowest BCUT2D eigenvalue weighted by Crippen LogP contribution is -2.47. The molecule has 1 saturated carbocycles. The van der Waals surface area contributed by atoms with E-state index >= 15 is 0 Å². The minimum Gasteiger partial charge on any atom is -0.379 e. The summed E-state index contributed by atoms with van der Waals surface area (Å²) in [6.45, 7) is 4.83. The van der Waals surface area contributed by atoms with Crippen molar-refractivity contribution in [1.29, 1.82) is 0 Å². The molecule has 0 atom stereocenters. The fourth-order valence-electron chi connectivity index (χ4n) is 4.36. The Bertz CT molecular complexity index is 800. The van der Waals surface area contributed by atoms with Crippen LogP contribution in [0.5, 0.6) is 0 Å². The molecule has 0 bridgehead atoms. The average Bonchev–Trinajstić information content (AvgIpc) is 2.67. The van der Waals surface area contributed by atoms with Gasteiger partial charge in [0.2, 0.25) is 0 Å². The molecule has 1 aliphatic heterocycles. The van der Waals surface area contributed by atoms with Crippen LogP contribution in [-0.4, -0.2) is 63.9 Å². The zero-order valence-electron chi connectivity index (χ0n) is 16.4. The van der Waals surface area contributed by atoms with E-state index in [0.29, 0.717) is 6.54 Å². The summed E-state index contributed by atoms with van der Waals surface area (Å²) in [6.07, 6.45) is 6.65. The van der Waals surface area contributed by atoms with Crippen LogP contribution in [0.2, 0.25) is 0 Å². The van der Waals surface area contributed by atoms with Crippen LogP contribution in [0, 0.1) is 15.5 Å². The topological polar surface area (TPSA) is 102 Å². The van der Waals surface area contributed by atoms with Gasteiger partial charge in [0.15, 0.2) is 9.84 Å². The van der Waals surface area contributed by atoms with Gasteiger partial charge >= 0.3 is 5.69 Å². The summed E-state index contributed by atoms with van der Waals surface area (Å²) < 4.78 is 29.4. The Balaban J connectivity index is 1.82. The molecule has 0 aromatic heterocycles. The monoisotopic (exact) mass is 411 g/mol. The summed E-state index contributed by atoms with van der Waals surface area (Å²) in [6, 6.07) is 4.45. The number of sulfone groups is 1. The molecule has 1 aliphatic carbocycles. The Labute approximate surface area is 166 Å². The van der Waals surface area contributed by atoms with Gasteiger partial charge in [-0.3, -0.25) is 15.0 Å². The highest BCUT2D eigenvalue weighted by Crippen LogP contribution is 2.39. The van der Waals surface area contributed by atoms with Gasteiger partial charge in [-0.15, -0.1) is 0 Å². The van der Waals surface area contributed by atoms with Crippen LogP contribution >= 0.6 is 0 Å². The summed E-state index contributed by atoms with van der Waals surface area (Å²) in [5, 5.41) is 14.9. The zero-order valence-corrected chi connectivity index (χ0v) is 17.2. The zero-order chi connectivity index (χ0) is 20.2. The van der Waals surface area contributed by atoms with Gasteiger partial charge in [0, 0.05) is 37.8 Å². The van der Waals surface area contributed by atoms with Gasteiger partial charge in [0.1, 0.15) is 10.6 Å². The molecule has 1 aromatic rings. The van der Waals surface area contributed by atoms with Crippen LogP contribution in [0.3, 0.4) is 0 Å². The fraction of sp³-hybridized carbons (Fsp3) is 0.684. The van der Waals surface area contributed by atoms with Crippen molar-refractivity contribution in [3.8, 4) is 0 Å². The second-order valence-electron chi connectivity index (χ2n) is 7.98. The first-order chi connectivity index (χ1) is 13.3. The van der Waals surface area contributed by atoms with E-state index in [0.717, 1.165) is 64.8 Å². The molecule has 1 saturated heterocycles. The van der Waals surface area contributed by atoms with Gasteiger partial charge in [-0.05, 0) is 25.0 Å². The Morgan fingerprint density at radius 3 is 2.50 bits per heavy atom. The Kier molecular flexibility index (Phi) is 6.57. The fourth-order valence-corrected chi connectivity index (χ4v) is 5.22. The molecule has 0 unspecified atom stereocenters. The van der Waals surface area contributed by atoms with Crippen LogP contribution in [0.4, 0.5) is 11.4 Å². The molecule has 156 valence electrons. The first kappa shape index (κ1) is 21.0. The lowest BCUT2D eigenvalue weighted by Gasteiger charge is -2.42. The van der Waals surface area contributed by atoms with Crippen LogP contribution in [0.1, 0.15) is 32.1 Å². The van der Waals surface area contributed by atoms with Gasteiger partial charge in [0.05, 0.1) is 18.1 Å². The van der Waals surface area contributed by atoms with Gasteiger partial charge in [-0.1, -0.05) is 25.3 Å². The minimum absolute atomic E-state index is 0.0323. The molecule has 28 heavy (non-hydrogen) atoms. The lowest BCUT2D eigenvalue weighted by atomic mass is 9.73. The summed E-state index contributed by atoms with van der Waals surface area (Å²) in [7, 11) is -3.69. The normalized spacial score (nSPS) is 20.6. The van der Waals surface area contributed by atoms with Crippen molar-refractivity contribution in [3.05, 3.63) is 28.3 Å². The van der Waals surface area contributed by atoms with Crippen molar-refractivity contribution in [2.24, 2.45) is 5.41 Å². The van der Waals surface area contributed by atoms with E-state index in [-0.39, 0.29) is 21.7 Å². The highest BCUT2D eigenvalue weighted by Gasteiger charge is 2.35. The number of rotatable bonds is 7. The largest absolute Gasteiger partial charge is 0.379 e. The van der Waals surface area contributed by atoms with Gasteiger partial charge in [-0.2, -0.15) is 0 Å². The number of anilines is 1. The quantitative estimate of drug-likeness (QED) is 0.544. The van der Waals surface area contributed by atoms with Crippen molar-refractivity contribution in [2.75, 3.05) is 51.0 Å². The van der Waals surface area contributed by atoms with Gasteiger partial charge in [0.25, 0.3) is 0 Å². The van der Waals surface area contributed by atoms with E-state index in [4.69, 9.17) is 4.74 Å². The predicted molar refractivity (Wildman–Crippen MR) is 107 cm³/mol. The second kappa shape index (κ2) is 8.75. The number of morpholine rings is 1. The van der Waals surface area contributed by atoms with Crippen LogP contribution in [0.25, 0.3) is 0 Å². The smallest absolute Gasteiger partial charge is 0.310 e. The van der Waals surface area contributed by atoms with Crippen molar-refractivity contribution < 1.29 is 18.1 Å². The standard InChI is InChI=1S/C19H29N3O5S/c1-28(25,26)17-7-5-6-16(18(17)22(23)24)20-14-19(8-3-2-4-9-19)15-21-10-12-27-13-11-21/h5-7,20H,2-4,8-15H2,1H3. The SMILES string of the molecule is CS(=O)(=O)c1cccc(NCC2(CN3CCOCC3)CCCCC2)c1[N+](=O)[O-]. The summed E-state index contributed by atoms with van der Waals surface area (Å²) >= 11 is 0. The third-order valence-electron chi connectivity index (χ3n) is 5.81. The summed E-state index contributed by atoms with van der Waals surface area (Å²) in [5.41, 5.74) is -0.0490. The molecule has 2 aliphatic rings. The van der Waals surface area contributed by atoms with Crippen LogP contribution < -0.4 is 5.32 Å². The highest BCUT2D eigenvalue weighted by molar-refractivity contribution is 7.90. The lowest BCUT2D eigenvalue weighted by molar-refractivity contribution is -0.386. The van der Waals surface area contributed by atoms with E-state index in [2.05, 4.69) is 10.2 Å². The molecule has 1 aromatic carbocycles. The Morgan fingerprint density at radius 2 is 1.89 bits per heavy atom. The van der Waals surface area contributed by atoms with Crippen molar-refractivity contribution >= 4 is 21.2 Å². The van der Waals surface area contributed by atoms with Crippen molar-refractivity contribution in [2.45, 2.75) is 37.0 Å². The Morgan fingerprint density at radius 1 is 1.21 bits per heavy atom. The van der Waals surface area contributed by atoms with Crippen molar-refractivity contribution in [3.63, 3.8) is 0 Å². The third-order valence-corrected chi connectivity index (χ3v) is 6.94. The predicted octanol–water partition coefficient (Wildman–Crippen LogP) is 2.69. The first-order valence-corrected chi connectivity index (χ1v) is 11.7. The maximum absolute atomic E-state index is 12.0. The number of nitrogens with zero attached hydrogens (tertiary/aromatic N) is 2. The number of nitrogens with one attached hydrogen (secondary N) is 1. The molecule has 0 amide bonds. The molecule has 1 heterocycles. The van der Waals surface area contributed by atoms with Gasteiger partial charge < -0.3 is 10.1 Å². The summed E-state index contributed by atoms with van der Waals surface area (Å²) in [5.74, 6) is 0. The van der Waals surface area contributed by atoms with E-state index in [1.54, 1.807) is 12.1 Å². The maximum atomic E-state index is 12.0. The van der Waals surface area contributed by atoms with E-state index < -0.39 is 14.8 Å². The number of para-hydroxylation sites is 1. The number of hydrogen-bond acceptors (Lipinski definition) is 7. The molecule has 2 fully saturated rings. The van der Waals surface area contributed by atoms with Gasteiger partial charge in [-0.25, -0.2) is 8.42 Å². The van der Waals surface area contributed by atoms with E-state index in [9.17, 15) is 18.5 Å². The molecule has 9 heteroatoms. The maximum Gasteiger partial charge on any atom is 0.310 e. The molecule has 1 N–H and O–H groups in total. The highest BCUT2D eigenvalue weighted by atomic mass is 32.2. The van der Waals surface area contributed by atoms with E-state index in [1.165, 1.54) is 12.5 Å². The van der Waals surface area contributed by atoms with Crippen molar-refractivity contribution in [1.82, 2.24) is 4.90 Å². The summed E-state index contributed by atoms with van der Waals surface area (Å²) in [4.78, 5) is 13.2. The second-order valence-corrected chi connectivity index (χ2v) is 9.97.